The Bertz CT molecular complexity index is 1470. The van der Waals surface area contributed by atoms with E-state index in [2.05, 4.69) is 4.98 Å². The molecule has 0 saturated heterocycles. The number of para-hydroxylation sites is 2. The maximum absolute atomic E-state index is 12.9. The monoisotopic (exact) mass is 452 g/mol. The molecule has 0 bridgehead atoms. The summed E-state index contributed by atoms with van der Waals surface area (Å²) in [7, 11) is 0. The molecule has 5 rings (SSSR count). The van der Waals surface area contributed by atoms with Gasteiger partial charge in [0.05, 0.1) is 15.6 Å². The quantitative estimate of drug-likeness (QED) is 0.369. The summed E-state index contributed by atoms with van der Waals surface area (Å²) in [6.45, 7) is 0.279. The number of hydrogen-bond acceptors (Lipinski definition) is 4. The Hall–Kier alpha value is -2.86. The minimum Gasteiger partial charge on any atom is -0.489 e. The van der Waals surface area contributed by atoms with Crippen molar-refractivity contribution in [1.82, 2.24) is 9.38 Å². The van der Waals surface area contributed by atoms with Gasteiger partial charge in [0.1, 0.15) is 12.4 Å². The molecule has 2 aromatic heterocycles. The van der Waals surface area contributed by atoms with Gasteiger partial charge >= 0.3 is 0 Å². The highest BCUT2D eigenvalue weighted by Crippen LogP contribution is 2.26. The Morgan fingerprint density at radius 1 is 0.967 bits per heavy atom. The Labute approximate surface area is 185 Å². The highest BCUT2D eigenvalue weighted by Gasteiger charge is 2.10. The summed E-state index contributed by atoms with van der Waals surface area (Å²) in [6.07, 6.45) is 1.87. The molecule has 3 aromatic carbocycles. The topological polar surface area (TPSA) is 43.6 Å². The van der Waals surface area contributed by atoms with E-state index in [1.54, 1.807) is 22.6 Å². The molecule has 0 aliphatic heterocycles. The summed E-state index contributed by atoms with van der Waals surface area (Å²) >= 11 is 13.7. The lowest BCUT2D eigenvalue weighted by Crippen LogP contribution is -2.22. The summed E-state index contributed by atoms with van der Waals surface area (Å²) in [5.74, 6) is 0.692. The first kappa shape index (κ1) is 19.1. The fourth-order valence-corrected chi connectivity index (χ4v) is 4.74. The van der Waals surface area contributed by atoms with E-state index in [0.717, 1.165) is 22.2 Å². The number of aromatic nitrogens is 2. The predicted molar refractivity (Wildman–Crippen MR) is 123 cm³/mol. The molecule has 0 aliphatic rings. The number of fused-ring (bicyclic) bond motifs is 3. The molecule has 0 N–H and O–H groups in total. The van der Waals surface area contributed by atoms with Gasteiger partial charge in [-0.15, -0.1) is 0 Å². The molecule has 0 saturated carbocycles. The minimum absolute atomic E-state index is 0.0580. The average Bonchev–Trinajstić information content (AvgIpc) is 3.25. The molecule has 4 nitrogen and oxygen atoms in total. The maximum Gasteiger partial charge on any atom is 0.274 e. The van der Waals surface area contributed by atoms with Crippen LogP contribution >= 0.6 is 34.5 Å². The molecular weight excluding hydrogens is 439 g/mol. The zero-order valence-corrected chi connectivity index (χ0v) is 17.8. The van der Waals surface area contributed by atoms with E-state index < -0.39 is 0 Å². The van der Waals surface area contributed by atoms with Crippen molar-refractivity contribution in [3.8, 4) is 5.75 Å². The van der Waals surface area contributed by atoms with Crippen LogP contribution in [0.15, 0.2) is 71.5 Å². The van der Waals surface area contributed by atoms with Crippen LogP contribution in [0, 0.1) is 0 Å². The third kappa shape index (κ3) is 3.45. The second-order valence-corrected chi connectivity index (χ2v) is 8.52. The van der Waals surface area contributed by atoms with Crippen molar-refractivity contribution in [3.05, 3.63) is 103 Å². The number of imidazole rings is 1. The van der Waals surface area contributed by atoms with Crippen LogP contribution in [0.25, 0.3) is 22.1 Å². The molecule has 7 heteroatoms. The molecule has 0 radical (unpaired) electrons. The molecule has 0 unspecified atom stereocenters. The molecule has 5 aromatic rings. The maximum atomic E-state index is 12.9. The molecule has 2 heterocycles. The molecule has 0 aliphatic carbocycles. The molecule has 30 heavy (non-hydrogen) atoms. The van der Waals surface area contributed by atoms with Gasteiger partial charge in [-0.05, 0) is 48.0 Å². The molecule has 0 amide bonds. The smallest absolute Gasteiger partial charge is 0.274 e. The highest BCUT2D eigenvalue weighted by molar-refractivity contribution is 7.15. The Balaban J connectivity index is 1.41. The summed E-state index contributed by atoms with van der Waals surface area (Å²) < 4.78 is 8.11. The molecule has 0 fully saturated rings. The van der Waals surface area contributed by atoms with Crippen LogP contribution in [0.5, 0.6) is 5.75 Å². The van der Waals surface area contributed by atoms with Crippen molar-refractivity contribution in [2.45, 2.75) is 6.61 Å². The predicted octanol–water partition coefficient (Wildman–Crippen LogP) is 5.34. The SMILES string of the molecule is O=c1/c(=C/c2ccc(OCc3c(Cl)cccc3Cl)cc2)sc2nc3ccccc3n12. The standard InChI is InChI=1S/C23H14Cl2N2O2S/c24-17-4-3-5-18(25)16(17)13-29-15-10-8-14(9-11-15)12-21-22(28)27-20-7-2-1-6-19(20)26-23(27)30-21/h1-12H,13H2/b21-12-. The Kier molecular flexibility index (Phi) is 4.95. The van der Waals surface area contributed by atoms with E-state index in [0.29, 0.717) is 25.3 Å². The minimum atomic E-state index is -0.0580. The van der Waals surface area contributed by atoms with E-state index >= 15 is 0 Å². The van der Waals surface area contributed by atoms with Gasteiger partial charge in [-0.2, -0.15) is 0 Å². The second-order valence-electron chi connectivity index (χ2n) is 6.69. The molecule has 0 atom stereocenters. The summed E-state index contributed by atoms with van der Waals surface area (Å²) in [6, 6.07) is 20.5. The Morgan fingerprint density at radius 2 is 1.70 bits per heavy atom. The van der Waals surface area contributed by atoms with Gasteiger partial charge < -0.3 is 4.74 Å². The number of benzene rings is 3. The first-order chi connectivity index (χ1) is 14.6. The summed E-state index contributed by atoms with van der Waals surface area (Å²) in [5.41, 5.74) is 3.26. The summed E-state index contributed by atoms with van der Waals surface area (Å²) in [4.78, 5) is 18.1. The second kappa shape index (κ2) is 7.76. The fraction of sp³-hybridized carbons (Fsp3) is 0.0435. The third-order valence-corrected chi connectivity index (χ3v) is 6.44. The van der Waals surface area contributed by atoms with Gasteiger partial charge in [0.25, 0.3) is 5.56 Å². The van der Waals surface area contributed by atoms with E-state index in [4.69, 9.17) is 27.9 Å². The van der Waals surface area contributed by atoms with Gasteiger partial charge in [0, 0.05) is 15.6 Å². The zero-order chi connectivity index (χ0) is 20.7. The van der Waals surface area contributed by atoms with Gasteiger partial charge in [-0.1, -0.05) is 64.9 Å². The number of thiazole rings is 1. The van der Waals surface area contributed by atoms with E-state index in [-0.39, 0.29) is 12.2 Å². The van der Waals surface area contributed by atoms with Crippen LogP contribution in [0.4, 0.5) is 0 Å². The lowest BCUT2D eigenvalue weighted by Gasteiger charge is -2.09. The van der Waals surface area contributed by atoms with Gasteiger partial charge in [-0.25, -0.2) is 9.38 Å². The number of ether oxygens (including phenoxy) is 1. The number of halogens is 2. The van der Waals surface area contributed by atoms with Crippen molar-refractivity contribution < 1.29 is 4.74 Å². The van der Waals surface area contributed by atoms with Crippen LogP contribution in [0.2, 0.25) is 10.0 Å². The highest BCUT2D eigenvalue weighted by atomic mass is 35.5. The van der Waals surface area contributed by atoms with Crippen molar-refractivity contribution in [1.29, 1.82) is 0 Å². The van der Waals surface area contributed by atoms with E-state index in [1.807, 2.05) is 54.6 Å². The normalized spacial score (nSPS) is 12.1. The average molecular weight is 453 g/mol. The largest absolute Gasteiger partial charge is 0.489 e. The van der Waals surface area contributed by atoms with Crippen molar-refractivity contribution in [2.24, 2.45) is 0 Å². The van der Waals surface area contributed by atoms with Crippen LogP contribution in [-0.2, 0) is 6.61 Å². The van der Waals surface area contributed by atoms with Gasteiger partial charge in [-0.3, -0.25) is 4.79 Å². The third-order valence-electron chi connectivity index (χ3n) is 4.77. The van der Waals surface area contributed by atoms with Gasteiger partial charge in [0.15, 0.2) is 4.96 Å². The van der Waals surface area contributed by atoms with Gasteiger partial charge in [0.2, 0.25) is 0 Å². The summed E-state index contributed by atoms with van der Waals surface area (Å²) in [5, 5.41) is 1.15. The molecule has 0 spiro atoms. The lowest BCUT2D eigenvalue weighted by atomic mass is 10.2. The first-order valence-electron chi connectivity index (χ1n) is 9.17. The van der Waals surface area contributed by atoms with Crippen LogP contribution < -0.4 is 14.8 Å². The number of rotatable bonds is 4. The van der Waals surface area contributed by atoms with E-state index in [1.165, 1.54) is 11.3 Å². The number of hydrogen-bond donors (Lipinski definition) is 0. The Morgan fingerprint density at radius 3 is 2.47 bits per heavy atom. The van der Waals surface area contributed by atoms with Crippen LogP contribution in [0.3, 0.4) is 0 Å². The van der Waals surface area contributed by atoms with Crippen molar-refractivity contribution >= 4 is 56.6 Å². The lowest BCUT2D eigenvalue weighted by molar-refractivity contribution is 0.306. The molecular formula is C23H14Cl2N2O2S. The molecule has 148 valence electrons. The van der Waals surface area contributed by atoms with Crippen LogP contribution in [-0.4, -0.2) is 9.38 Å². The van der Waals surface area contributed by atoms with Crippen LogP contribution in [0.1, 0.15) is 11.1 Å². The van der Waals surface area contributed by atoms with Crippen molar-refractivity contribution in [3.63, 3.8) is 0 Å². The zero-order valence-electron chi connectivity index (χ0n) is 15.5. The van der Waals surface area contributed by atoms with E-state index in [9.17, 15) is 4.79 Å². The fourth-order valence-electron chi connectivity index (χ4n) is 3.25. The first-order valence-corrected chi connectivity index (χ1v) is 10.7. The number of nitrogens with zero attached hydrogens (tertiary/aromatic N) is 2. The van der Waals surface area contributed by atoms with Crippen molar-refractivity contribution in [2.75, 3.05) is 0 Å².